The van der Waals surface area contributed by atoms with E-state index in [-0.39, 0.29) is 17.4 Å². The first kappa shape index (κ1) is 16.3. The molecule has 0 radical (unpaired) electrons. The minimum absolute atomic E-state index is 0.00502. The van der Waals surface area contributed by atoms with Gasteiger partial charge in [-0.05, 0) is 50.4 Å². The Morgan fingerprint density at radius 2 is 2.14 bits per heavy atom. The fourth-order valence-electron chi connectivity index (χ4n) is 3.15. The molecule has 21 heavy (non-hydrogen) atoms. The molecule has 0 aromatic heterocycles. The first-order valence-corrected chi connectivity index (χ1v) is 8.22. The first-order chi connectivity index (χ1) is 10.1. The molecule has 0 saturated carbocycles. The number of piperidine rings is 1. The van der Waals surface area contributed by atoms with Crippen molar-refractivity contribution in [3.8, 4) is 0 Å². The molecule has 2 N–H and O–H groups in total. The highest BCUT2D eigenvalue weighted by Gasteiger charge is 2.39. The van der Waals surface area contributed by atoms with E-state index in [1.807, 2.05) is 31.2 Å². The van der Waals surface area contributed by atoms with E-state index in [1.165, 1.54) is 0 Å². The molecule has 0 aliphatic carbocycles. The van der Waals surface area contributed by atoms with Crippen LogP contribution in [0.1, 0.15) is 51.1 Å². The van der Waals surface area contributed by atoms with Gasteiger partial charge in [-0.2, -0.15) is 0 Å². The van der Waals surface area contributed by atoms with Gasteiger partial charge in [-0.15, -0.1) is 0 Å². The lowest BCUT2D eigenvalue weighted by molar-refractivity contribution is -0.133. The highest BCUT2D eigenvalue weighted by Crippen LogP contribution is 2.32. The third-order valence-corrected chi connectivity index (χ3v) is 4.65. The first-order valence-electron chi connectivity index (χ1n) is 7.84. The molecule has 0 bridgehead atoms. The Labute approximate surface area is 132 Å². The second-order valence-corrected chi connectivity index (χ2v) is 6.49. The summed E-state index contributed by atoms with van der Waals surface area (Å²) >= 11 is 5.91. The normalized spacial score (nSPS) is 23.6. The van der Waals surface area contributed by atoms with Crippen LogP contribution >= 0.6 is 11.6 Å². The molecule has 1 aliphatic rings. The predicted molar refractivity (Wildman–Crippen MR) is 87.5 cm³/mol. The van der Waals surface area contributed by atoms with E-state index in [4.69, 9.17) is 11.6 Å². The summed E-state index contributed by atoms with van der Waals surface area (Å²) in [4.78, 5) is 12.8. The van der Waals surface area contributed by atoms with Crippen LogP contribution in [0.25, 0.3) is 0 Å². The fraction of sp³-hybridized carbons (Fsp3) is 0.588. The number of carbonyl (C=O) groups excluding carboxylic acids is 1. The Kier molecular flexibility index (Phi) is 5.65. The number of benzene rings is 1. The summed E-state index contributed by atoms with van der Waals surface area (Å²) in [6.07, 6.45) is 4.03. The summed E-state index contributed by atoms with van der Waals surface area (Å²) in [5, 5.41) is 7.29. The van der Waals surface area contributed by atoms with Crippen molar-refractivity contribution >= 4 is 17.5 Å². The standard InChI is InChI=1S/C17H25ClN2O/c1-3-9-17(10-4-11-19-12-17)16(21)20-13(2)14-5-7-15(18)8-6-14/h5-8,13,19H,3-4,9-12H2,1-2H3,(H,20,21). The molecule has 0 spiro atoms. The molecule has 1 aliphatic heterocycles. The minimum atomic E-state index is -0.242. The molecule has 1 fully saturated rings. The van der Waals surface area contributed by atoms with E-state index < -0.39 is 0 Å². The summed E-state index contributed by atoms with van der Waals surface area (Å²) in [5.74, 6) is 0.180. The Morgan fingerprint density at radius 3 is 2.71 bits per heavy atom. The van der Waals surface area contributed by atoms with E-state index in [0.717, 1.165) is 49.4 Å². The largest absolute Gasteiger partial charge is 0.349 e. The number of hydrogen-bond acceptors (Lipinski definition) is 2. The van der Waals surface area contributed by atoms with Crippen LogP contribution in [0, 0.1) is 5.41 Å². The van der Waals surface area contributed by atoms with Crippen molar-refractivity contribution in [3.63, 3.8) is 0 Å². The highest BCUT2D eigenvalue weighted by atomic mass is 35.5. The van der Waals surface area contributed by atoms with Gasteiger partial charge in [-0.25, -0.2) is 0 Å². The Hall–Kier alpha value is -1.06. The molecule has 116 valence electrons. The summed E-state index contributed by atoms with van der Waals surface area (Å²) in [6.45, 7) is 5.98. The predicted octanol–water partition coefficient (Wildman–Crippen LogP) is 3.69. The van der Waals surface area contributed by atoms with Crippen molar-refractivity contribution in [2.24, 2.45) is 5.41 Å². The molecule has 3 nitrogen and oxygen atoms in total. The van der Waals surface area contributed by atoms with Crippen molar-refractivity contribution in [2.45, 2.75) is 45.6 Å². The van der Waals surface area contributed by atoms with Crippen LogP contribution in [0.4, 0.5) is 0 Å². The maximum atomic E-state index is 12.8. The second kappa shape index (κ2) is 7.28. The maximum absolute atomic E-state index is 12.8. The van der Waals surface area contributed by atoms with E-state index in [1.54, 1.807) is 0 Å². The number of halogens is 1. The second-order valence-electron chi connectivity index (χ2n) is 6.06. The summed E-state index contributed by atoms with van der Waals surface area (Å²) in [7, 11) is 0. The molecule has 2 unspecified atom stereocenters. The lowest BCUT2D eigenvalue weighted by Gasteiger charge is -2.37. The molecule has 1 heterocycles. The van der Waals surface area contributed by atoms with Gasteiger partial charge in [0.05, 0.1) is 11.5 Å². The Balaban J connectivity index is 2.05. The molecular weight excluding hydrogens is 284 g/mol. The van der Waals surface area contributed by atoms with Gasteiger partial charge in [0.25, 0.3) is 0 Å². The number of carbonyl (C=O) groups is 1. The third-order valence-electron chi connectivity index (χ3n) is 4.40. The maximum Gasteiger partial charge on any atom is 0.227 e. The summed E-state index contributed by atoms with van der Waals surface area (Å²) in [5.41, 5.74) is 0.844. The quantitative estimate of drug-likeness (QED) is 0.871. The molecule has 2 rings (SSSR count). The van der Waals surface area contributed by atoms with Crippen molar-refractivity contribution in [3.05, 3.63) is 34.9 Å². The van der Waals surface area contributed by atoms with E-state index >= 15 is 0 Å². The lowest BCUT2D eigenvalue weighted by atomic mass is 9.76. The topological polar surface area (TPSA) is 41.1 Å². The van der Waals surface area contributed by atoms with Gasteiger partial charge in [0.1, 0.15) is 0 Å². The zero-order chi connectivity index (χ0) is 15.3. The van der Waals surface area contributed by atoms with Gasteiger partial charge in [-0.1, -0.05) is 37.1 Å². The smallest absolute Gasteiger partial charge is 0.227 e. The zero-order valence-electron chi connectivity index (χ0n) is 12.9. The average molecular weight is 309 g/mol. The highest BCUT2D eigenvalue weighted by molar-refractivity contribution is 6.30. The Morgan fingerprint density at radius 1 is 1.43 bits per heavy atom. The van der Waals surface area contributed by atoms with Crippen molar-refractivity contribution in [1.29, 1.82) is 0 Å². The van der Waals surface area contributed by atoms with Gasteiger partial charge in [0.2, 0.25) is 5.91 Å². The number of nitrogens with one attached hydrogen (secondary N) is 2. The van der Waals surface area contributed by atoms with Gasteiger partial charge in [-0.3, -0.25) is 4.79 Å². The van der Waals surface area contributed by atoms with Crippen LogP contribution in [-0.4, -0.2) is 19.0 Å². The van der Waals surface area contributed by atoms with E-state index in [9.17, 15) is 4.79 Å². The monoisotopic (exact) mass is 308 g/mol. The van der Waals surface area contributed by atoms with Gasteiger partial charge in [0, 0.05) is 11.6 Å². The summed E-state index contributed by atoms with van der Waals surface area (Å²) in [6, 6.07) is 7.68. The fourth-order valence-corrected chi connectivity index (χ4v) is 3.28. The van der Waals surface area contributed by atoms with Gasteiger partial charge in [0.15, 0.2) is 0 Å². The Bertz CT molecular complexity index is 461. The number of amides is 1. The molecule has 1 aromatic rings. The third kappa shape index (κ3) is 3.98. The van der Waals surface area contributed by atoms with E-state index in [0.29, 0.717) is 0 Å². The molecule has 1 saturated heterocycles. The minimum Gasteiger partial charge on any atom is -0.349 e. The lowest BCUT2D eigenvalue weighted by Crippen LogP contribution is -2.50. The van der Waals surface area contributed by atoms with Crippen molar-refractivity contribution in [1.82, 2.24) is 10.6 Å². The van der Waals surface area contributed by atoms with Crippen LogP contribution < -0.4 is 10.6 Å². The average Bonchev–Trinajstić information content (AvgIpc) is 2.49. The van der Waals surface area contributed by atoms with E-state index in [2.05, 4.69) is 17.6 Å². The van der Waals surface area contributed by atoms with Crippen LogP contribution in [0.5, 0.6) is 0 Å². The molecule has 1 amide bonds. The molecule has 2 atom stereocenters. The van der Waals surface area contributed by atoms with Crippen LogP contribution in [0.15, 0.2) is 24.3 Å². The number of rotatable bonds is 5. The molecule has 4 heteroatoms. The van der Waals surface area contributed by atoms with Crippen molar-refractivity contribution < 1.29 is 4.79 Å². The van der Waals surface area contributed by atoms with Gasteiger partial charge < -0.3 is 10.6 Å². The zero-order valence-corrected chi connectivity index (χ0v) is 13.7. The van der Waals surface area contributed by atoms with Crippen LogP contribution in [0.2, 0.25) is 5.02 Å². The molecule has 1 aromatic carbocycles. The van der Waals surface area contributed by atoms with Gasteiger partial charge >= 0.3 is 0 Å². The van der Waals surface area contributed by atoms with Crippen molar-refractivity contribution in [2.75, 3.05) is 13.1 Å². The number of hydrogen-bond donors (Lipinski definition) is 2. The molecular formula is C17H25ClN2O. The van der Waals surface area contributed by atoms with Crippen LogP contribution in [-0.2, 0) is 4.79 Å². The van der Waals surface area contributed by atoms with Crippen LogP contribution in [0.3, 0.4) is 0 Å². The summed E-state index contributed by atoms with van der Waals surface area (Å²) < 4.78 is 0. The SMILES string of the molecule is CCCC1(C(=O)NC(C)c2ccc(Cl)cc2)CCCNC1.